The smallest absolute Gasteiger partial charge is 0.266 e. The largest absolute Gasteiger partial charge is 0.352 e. The molecular weight excluding hydrogens is 316 g/mol. The number of carbonyl (C=O) groups is 1. The molecule has 0 aliphatic carbocycles. The fourth-order valence-electron chi connectivity index (χ4n) is 3.02. The maximum absolute atomic E-state index is 12.4. The quantitative estimate of drug-likeness (QED) is 0.748. The number of rotatable bonds is 5. The summed E-state index contributed by atoms with van der Waals surface area (Å²) in [6, 6.07) is 11.4. The Morgan fingerprint density at radius 3 is 2.72 bits per heavy atom. The number of hydrogen-bond donors (Lipinski definition) is 2. The average Bonchev–Trinajstić information content (AvgIpc) is 2.95. The van der Waals surface area contributed by atoms with Crippen LogP contribution in [0.25, 0.3) is 5.65 Å². The third-order valence-electron chi connectivity index (χ3n) is 4.47. The van der Waals surface area contributed by atoms with Gasteiger partial charge in [-0.15, -0.1) is 0 Å². The number of aromatic nitrogens is 3. The number of fused-ring (bicyclic) bond motifs is 1. The van der Waals surface area contributed by atoms with E-state index in [4.69, 9.17) is 0 Å². The molecule has 0 aliphatic heterocycles. The van der Waals surface area contributed by atoms with E-state index in [1.165, 1.54) is 6.07 Å². The van der Waals surface area contributed by atoms with Crippen molar-refractivity contribution in [1.82, 2.24) is 19.9 Å². The van der Waals surface area contributed by atoms with Gasteiger partial charge in [0.15, 0.2) is 5.65 Å². The van der Waals surface area contributed by atoms with E-state index >= 15 is 0 Å². The van der Waals surface area contributed by atoms with Crippen LogP contribution in [0, 0.1) is 19.8 Å². The zero-order chi connectivity index (χ0) is 18.0. The van der Waals surface area contributed by atoms with Crippen LogP contribution in [0.4, 0.5) is 0 Å². The molecule has 0 radical (unpaired) electrons. The van der Waals surface area contributed by atoms with Gasteiger partial charge < -0.3 is 5.32 Å². The summed E-state index contributed by atoms with van der Waals surface area (Å²) in [6.45, 7) is 6.11. The van der Waals surface area contributed by atoms with E-state index in [9.17, 15) is 9.59 Å². The highest BCUT2D eigenvalue weighted by atomic mass is 16.2. The summed E-state index contributed by atoms with van der Waals surface area (Å²) in [5.74, 6) is -0.116. The monoisotopic (exact) mass is 338 g/mol. The molecule has 1 amide bonds. The molecule has 2 N–H and O–H groups in total. The van der Waals surface area contributed by atoms with Crippen molar-refractivity contribution >= 4 is 11.6 Å². The van der Waals surface area contributed by atoms with Crippen molar-refractivity contribution in [3.63, 3.8) is 0 Å². The molecule has 25 heavy (non-hydrogen) atoms. The van der Waals surface area contributed by atoms with E-state index in [-0.39, 0.29) is 17.4 Å². The zero-order valence-corrected chi connectivity index (χ0v) is 14.7. The fourth-order valence-corrected chi connectivity index (χ4v) is 3.02. The average molecular weight is 338 g/mol. The van der Waals surface area contributed by atoms with Crippen LogP contribution in [0.1, 0.15) is 29.4 Å². The highest BCUT2D eigenvalue weighted by Gasteiger charge is 2.16. The van der Waals surface area contributed by atoms with Crippen LogP contribution in [-0.4, -0.2) is 20.5 Å². The van der Waals surface area contributed by atoms with Gasteiger partial charge >= 0.3 is 0 Å². The maximum atomic E-state index is 12.4. The van der Waals surface area contributed by atoms with Gasteiger partial charge in [-0.3, -0.25) is 14.7 Å². The van der Waals surface area contributed by atoms with Crippen LogP contribution in [0.5, 0.6) is 0 Å². The number of amides is 1. The van der Waals surface area contributed by atoms with E-state index in [2.05, 4.69) is 15.4 Å². The van der Waals surface area contributed by atoms with E-state index in [1.54, 1.807) is 4.52 Å². The van der Waals surface area contributed by atoms with Gasteiger partial charge in [-0.25, -0.2) is 9.50 Å². The van der Waals surface area contributed by atoms with E-state index in [0.717, 1.165) is 22.5 Å². The standard InChI is InChI=1S/C19H22N4O2/c1-12(9-15-7-5-4-6-8-15)19(25)20-11-16-13(2)21-17-10-18(24)22-23(17)14(16)3/h4-8,10,12H,9,11H2,1-3H3,(H,20,25)(H,22,24)/t12-/m0/s1. The summed E-state index contributed by atoms with van der Waals surface area (Å²) in [5.41, 5.74) is 4.15. The third-order valence-corrected chi connectivity index (χ3v) is 4.47. The zero-order valence-electron chi connectivity index (χ0n) is 14.7. The van der Waals surface area contributed by atoms with Crippen LogP contribution < -0.4 is 10.9 Å². The second-order valence-corrected chi connectivity index (χ2v) is 6.38. The lowest BCUT2D eigenvalue weighted by molar-refractivity contribution is -0.124. The number of aryl methyl sites for hydroxylation is 2. The van der Waals surface area contributed by atoms with E-state index < -0.39 is 0 Å². The van der Waals surface area contributed by atoms with Crippen LogP contribution in [0.15, 0.2) is 41.2 Å². The summed E-state index contributed by atoms with van der Waals surface area (Å²) < 4.78 is 1.66. The Labute approximate surface area is 145 Å². The van der Waals surface area contributed by atoms with Crippen molar-refractivity contribution in [3.8, 4) is 0 Å². The predicted molar refractivity (Wildman–Crippen MR) is 96.4 cm³/mol. The molecular formula is C19H22N4O2. The summed E-state index contributed by atoms with van der Waals surface area (Å²) in [5, 5.41) is 5.71. The number of hydrogen-bond acceptors (Lipinski definition) is 3. The van der Waals surface area contributed by atoms with Gasteiger partial charge in [0.2, 0.25) is 5.91 Å². The number of nitrogens with one attached hydrogen (secondary N) is 2. The van der Waals surface area contributed by atoms with Gasteiger partial charge in [-0.1, -0.05) is 37.3 Å². The molecule has 3 aromatic rings. The normalized spacial score (nSPS) is 12.3. The molecule has 0 fully saturated rings. The van der Waals surface area contributed by atoms with Crippen LogP contribution >= 0.6 is 0 Å². The highest BCUT2D eigenvalue weighted by Crippen LogP contribution is 2.14. The molecule has 3 rings (SSSR count). The summed E-state index contributed by atoms with van der Waals surface area (Å²) in [4.78, 5) is 28.3. The number of aromatic amines is 1. The van der Waals surface area contributed by atoms with E-state index in [0.29, 0.717) is 18.6 Å². The minimum absolute atomic E-state index is 0.00347. The molecule has 130 valence electrons. The van der Waals surface area contributed by atoms with Gasteiger partial charge in [0.05, 0.1) is 0 Å². The first-order valence-corrected chi connectivity index (χ1v) is 8.35. The fraction of sp³-hybridized carbons (Fsp3) is 0.316. The third kappa shape index (κ3) is 3.63. The molecule has 0 saturated carbocycles. The van der Waals surface area contributed by atoms with E-state index in [1.807, 2.05) is 51.1 Å². The van der Waals surface area contributed by atoms with Crippen molar-refractivity contribution < 1.29 is 4.79 Å². The highest BCUT2D eigenvalue weighted by molar-refractivity contribution is 5.78. The lowest BCUT2D eigenvalue weighted by Gasteiger charge is -2.15. The first kappa shape index (κ1) is 17.0. The molecule has 0 aliphatic rings. The molecule has 2 aromatic heterocycles. The minimum Gasteiger partial charge on any atom is -0.352 e. The van der Waals surface area contributed by atoms with Crippen molar-refractivity contribution in [2.75, 3.05) is 0 Å². The Bertz CT molecular complexity index is 957. The Morgan fingerprint density at radius 1 is 1.28 bits per heavy atom. The molecule has 6 heteroatoms. The molecule has 0 unspecified atom stereocenters. The van der Waals surface area contributed by atoms with Gasteiger partial charge in [0.1, 0.15) is 0 Å². The van der Waals surface area contributed by atoms with Crippen molar-refractivity contribution in [3.05, 3.63) is 69.3 Å². The Balaban J connectivity index is 1.71. The molecule has 1 atom stereocenters. The maximum Gasteiger partial charge on any atom is 0.266 e. The van der Waals surface area contributed by atoms with Crippen molar-refractivity contribution in [1.29, 1.82) is 0 Å². The molecule has 2 heterocycles. The molecule has 6 nitrogen and oxygen atoms in total. The number of benzene rings is 1. The van der Waals surface area contributed by atoms with Gasteiger partial charge in [-0.05, 0) is 25.8 Å². The topological polar surface area (TPSA) is 79.3 Å². The molecule has 0 bridgehead atoms. The van der Waals surface area contributed by atoms with Gasteiger partial charge in [0.25, 0.3) is 5.56 Å². The predicted octanol–water partition coefficient (Wildman–Crippen LogP) is 2.13. The summed E-state index contributed by atoms with van der Waals surface area (Å²) in [6.07, 6.45) is 0.701. The minimum atomic E-state index is -0.187. The number of nitrogens with zero attached hydrogens (tertiary/aromatic N) is 2. The molecule has 0 saturated heterocycles. The summed E-state index contributed by atoms with van der Waals surface area (Å²) in [7, 11) is 0. The molecule has 1 aromatic carbocycles. The Kier molecular flexibility index (Phi) is 4.70. The van der Waals surface area contributed by atoms with Crippen LogP contribution in [0.3, 0.4) is 0 Å². The van der Waals surface area contributed by atoms with Crippen molar-refractivity contribution in [2.45, 2.75) is 33.7 Å². The first-order valence-electron chi connectivity index (χ1n) is 8.35. The Morgan fingerprint density at radius 2 is 2.00 bits per heavy atom. The SMILES string of the molecule is Cc1nc2cc(=O)[nH]n2c(C)c1CNC(=O)[C@@H](C)Cc1ccccc1. The van der Waals surface area contributed by atoms with Crippen molar-refractivity contribution in [2.24, 2.45) is 5.92 Å². The van der Waals surface area contributed by atoms with Crippen LogP contribution in [0.2, 0.25) is 0 Å². The first-order chi connectivity index (χ1) is 12.0. The molecule has 0 spiro atoms. The number of carbonyl (C=O) groups excluding carboxylic acids is 1. The lowest BCUT2D eigenvalue weighted by atomic mass is 10.0. The van der Waals surface area contributed by atoms with Gasteiger partial charge in [-0.2, -0.15) is 0 Å². The second-order valence-electron chi connectivity index (χ2n) is 6.38. The lowest BCUT2D eigenvalue weighted by Crippen LogP contribution is -2.30. The summed E-state index contributed by atoms with van der Waals surface area (Å²) >= 11 is 0. The van der Waals surface area contributed by atoms with Crippen LogP contribution in [-0.2, 0) is 17.8 Å². The number of H-pyrrole nitrogens is 1. The van der Waals surface area contributed by atoms with Gasteiger partial charge in [0, 0.05) is 35.5 Å². The second kappa shape index (κ2) is 6.93. The Hall–Kier alpha value is -2.89.